The molecule has 1 amide bonds. The van der Waals surface area contributed by atoms with Gasteiger partial charge in [-0.3, -0.25) is 4.79 Å². The number of para-hydroxylation sites is 1. The highest BCUT2D eigenvalue weighted by atomic mass is 79.9. The predicted octanol–water partition coefficient (Wildman–Crippen LogP) is 3.34. The molecule has 0 bridgehead atoms. The molecule has 1 atom stereocenters. The van der Waals surface area contributed by atoms with Crippen LogP contribution in [0, 0.1) is 0 Å². The average molecular weight is 335 g/mol. The largest absolute Gasteiger partial charge is 0.496 e. The molecular weight excluding hydrogens is 320 g/mol. The Morgan fingerprint density at radius 2 is 2.00 bits per heavy atom. The van der Waals surface area contributed by atoms with Gasteiger partial charge in [-0.2, -0.15) is 0 Å². The molecule has 2 aromatic rings. The number of nitrogens with zero attached hydrogens (tertiary/aromatic N) is 1. The number of methoxy groups -OCH3 is 1. The summed E-state index contributed by atoms with van der Waals surface area (Å²) >= 11 is 3.25. The summed E-state index contributed by atoms with van der Waals surface area (Å²) in [6.45, 7) is 1.91. The molecule has 4 nitrogen and oxygen atoms in total. The zero-order chi connectivity index (χ0) is 14.5. The number of hydrogen-bond acceptors (Lipinski definition) is 3. The number of ether oxygens (including phenoxy) is 1. The Morgan fingerprint density at radius 3 is 2.70 bits per heavy atom. The Balaban J connectivity index is 2.15. The molecule has 0 aliphatic heterocycles. The number of amides is 1. The molecule has 104 valence electrons. The van der Waals surface area contributed by atoms with E-state index in [1.807, 2.05) is 31.2 Å². The van der Waals surface area contributed by atoms with Crippen LogP contribution >= 0.6 is 15.9 Å². The molecule has 0 aliphatic rings. The van der Waals surface area contributed by atoms with Gasteiger partial charge in [-0.15, -0.1) is 0 Å². The smallest absolute Gasteiger partial charge is 0.270 e. The number of carbonyl (C=O) groups is 1. The van der Waals surface area contributed by atoms with Crippen molar-refractivity contribution in [3.05, 3.63) is 58.3 Å². The van der Waals surface area contributed by atoms with Gasteiger partial charge in [0.05, 0.1) is 13.2 Å². The molecule has 0 radical (unpaired) electrons. The lowest BCUT2D eigenvalue weighted by Gasteiger charge is -2.17. The molecule has 1 unspecified atom stereocenters. The van der Waals surface area contributed by atoms with Crippen molar-refractivity contribution < 1.29 is 9.53 Å². The molecule has 0 spiro atoms. The maximum atomic E-state index is 12.1. The summed E-state index contributed by atoms with van der Waals surface area (Å²) in [6, 6.07) is 12.7. The summed E-state index contributed by atoms with van der Waals surface area (Å²) < 4.78 is 5.93. The first kappa shape index (κ1) is 14.5. The van der Waals surface area contributed by atoms with E-state index in [2.05, 4.69) is 26.2 Å². The van der Waals surface area contributed by atoms with Crippen molar-refractivity contribution in [1.82, 2.24) is 10.3 Å². The predicted molar refractivity (Wildman–Crippen MR) is 80.8 cm³/mol. The van der Waals surface area contributed by atoms with Gasteiger partial charge in [0, 0.05) is 5.56 Å². The first-order valence-corrected chi connectivity index (χ1v) is 6.97. The second-order valence-electron chi connectivity index (χ2n) is 4.28. The molecule has 1 heterocycles. The van der Waals surface area contributed by atoms with Crippen LogP contribution in [-0.4, -0.2) is 18.0 Å². The van der Waals surface area contributed by atoms with Crippen LogP contribution in [0.25, 0.3) is 0 Å². The van der Waals surface area contributed by atoms with Gasteiger partial charge < -0.3 is 10.1 Å². The molecule has 2 rings (SSSR count). The Kier molecular flexibility index (Phi) is 4.74. The minimum absolute atomic E-state index is 0.167. The molecule has 1 aromatic carbocycles. The third-order valence-electron chi connectivity index (χ3n) is 2.90. The topological polar surface area (TPSA) is 51.2 Å². The molecule has 0 aliphatic carbocycles. The van der Waals surface area contributed by atoms with Crippen molar-refractivity contribution in [3.63, 3.8) is 0 Å². The summed E-state index contributed by atoms with van der Waals surface area (Å²) in [6.07, 6.45) is 0. The first-order chi connectivity index (χ1) is 9.61. The third kappa shape index (κ3) is 3.36. The highest BCUT2D eigenvalue weighted by molar-refractivity contribution is 9.10. The van der Waals surface area contributed by atoms with Crippen molar-refractivity contribution in [3.8, 4) is 5.75 Å². The van der Waals surface area contributed by atoms with E-state index in [1.54, 1.807) is 25.3 Å². The van der Waals surface area contributed by atoms with Gasteiger partial charge in [-0.25, -0.2) is 4.98 Å². The van der Waals surface area contributed by atoms with Gasteiger partial charge >= 0.3 is 0 Å². The number of benzene rings is 1. The Bertz CT molecular complexity index is 616. The van der Waals surface area contributed by atoms with Crippen LogP contribution in [0.15, 0.2) is 47.1 Å². The van der Waals surface area contributed by atoms with Crippen molar-refractivity contribution in [1.29, 1.82) is 0 Å². The van der Waals surface area contributed by atoms with E-state index in [1.165, 1.54) is 0 Å². The lowest BCUT2D eigenvalue weighted by molar-refractivity contribution is 0.0934. The third-order valence-corrected chi connectivity index (χ3v) is 3.34. The summed E-state index contributed by atoms with van der Waals surface area (Å²) in [5.41, 5.74) is 1.31. The Morgan fingerprint density at radius 1 is 1.25 bits per heavy atom. The van der Waals surface area contributed by atoms with E-state index in [4.69, 9.17) is 4.74 Å². The summed E-state index contributed by atoms with van der Waals surface area (Å²) in [7, 11) is 1.61. The summed E-state index contributed by atoms with van der Waals surface area (Å²) in [5.74, 6) is 0.534. The minimum Gasteiger partial charge on any atom is -0.496 e. The number of hydrogen-bond donors (Lipinski definition) is 1. The first-order valence-electron chi connectivity index (χ1n) is 6.18. The summed E-state index contributed by atoms with van der Waals surface area (Å²) in [4.78, 5) is 16.3. The van der Waals surface area contributed by atoms with Gasteiger partial charge in [-0.05, 0) is 41.1 Å². The zero-order valence-electron chi connectivity index (χ0n) is 11.3. The lowest BCUT2D eigenvalue weighted by atomic mass is 10.1. The number of aromatic nitrogens is 1. The van der Waals surface area contributed by atoms with Crippen LogP contribution in [-0.2, 0) is 0 Å². The molecule has 0 saturated carbocycles. The van der Waals surface area contributed by atoms with Crippen LogP contribution in [0.3, 0.4) is 0 Å². The maximum Gasteiger partial charge on any atom is 0.270 e. The van der Waals surface area contributed by atoms with Crippen LogP contribution < -0.4 is 10.1 Å². The van der Waals surface area contributed by atoms with Gasteiger partial charge in [0.15, 0.2) is 0 Å². The second-order valence-corrected chi connectivity index (χ2v) is 5.10. The van der Waals surface area contributed by atoms with E-state index in [0.29, 0.717) is 10.3 Å². The monoisotopic (exact) mass is 334 g/mol. The van der Waals surface area contributed by atoms with Crippen molar-refractivity contribution in [2.24, 2.45) is 0 Å². The van der Waals surface area contributed by atoms with Crippen LogP contribution in [0.4, 0.5) is 0 Å². The maximum absolute atomic E-state index is 12.1. The van der Waals surface area contributed by atoms with Gasteiger partial charge in [0.1, 0.15) is 16.0 Å². The normalized spacial score (nSPS) is 11.8. The quantitative estimate of drug-likeness (QED) is 0.872. The van der Waals surface area contributed by atoms with Crippen LogP contribution in [0.1, 0.15) is 29.0 Å². The average Bonchev–Trinajstić information content (AvgIpc) is 2.47. The standard InChI is InChI=1S/C15H15BrN2O2/c1-10(11-6-3-4-8-13(11)20-2)17-15(19)12-7-5-9-14(16)18-12/h3-10H,1-2H3,(H,17,19). The lowest BCUT2D eigenvalue weighted by Crippen LogP contribution is -2.27. The van der Waals surface area contributed by atoms with Crippen molar-refractivity contribution in [2.45, 2.75) is 13.0 Å². The fraction of sp³-hybridized carbons (Fsp3) is 0.200. The molecule has 0 fully saturated rings. The van der Waals surface area contributed by atoms with E-state index >= 15 is 0 Å². The van der Waals surface area contributed by atoms with Gasteiger partial charge in [-0.1, -0.05) is 24.3 Å². The van der Waals surface area contributed by atoms with Crippen LogP contribution in [0.5, 0.6) is 5.75 Å². The molecule has 1 N–H and O–H groups in total. The SMILES string of the molecule is COc1ccccc1C(C)NC(=O)c1cccc(Br)n1. The Hall–Kier alpha value is -1.88. The zero-order valence-corrected chi connectivity index (χ0v) is 12.8. The van der Waals surface area contributed by atoms with Gasteiger partial charge in [0.2, 0.25) is 0 Å². The summed E-state index contributed by atoms with van der Waals surface area (Å²) in [5, 5.41) is 2.91. The highest BCUT2D eigenvalue weighted by Gasteiger charge is 2.15. The number of halogens is 1. The molecule has 0 saturated heterocycles. The minimum atomic E-state index is -0.218. The molecular formula is C15H15BrN2O2. The fourth-order valence-corrected chi connectivity index (χ4v) is 2.25. The number of nitrogens with one attached hydrogen (secondary N) is 1. The van der Waals surface area contributed by atoms with E-state index in [-0.39, 0.29) is 11.9 Å². The van der Waals surface area contributed by atoms with Crippen LogP contribution in [0.2, 0.25) is 0 Å². The van der Waals surface area contributed by atoms with E-state index in [0.717, 1.165) is 11.3 Å². The van der Waals surface area contributed by atoms with Gasteiger partial charge in [0.25, 0.3) is 5.91 Å². The number of pyridine rings is 1. The molecule has 20 heavy (non-hydrogen) atoms. The fourth-order valence-electron chi connectivity index (χ4n) is 1.91. The highest BCUT2D eigenvalue weighted by Crippen LogP contribution is 2.24. The molecule has 5 heteroatoms. The van der Waals surface area contributed by atoms with E-state index in [9.17, 15) is 4.79 Å². The van der Waals surface area contributed by atoms with Crippen molar-refractivity contribution in [2.75, 3.05) is 7.11 Å². The van der Waals surface area contributed by atoms with Crippen molar-refractivity contribution >= 4 is 21.8 Å². The Labute approximate surface area is 126 Å². The molecule has 1 aromatic heterocycles. The number of rotatable bonds is 4. The number of carbonyl (C=O) groups excluding carboxylic acids is 1. The van der Waals surface area contributed by atoms with E-state index < -0.39 is 0 Å². The second kappa shape index (κ2) is 6.52.